The zero-order chi connectivity index (χ0) is 15.7. The van der Waals surface area contributed by atoms with Crippen molar-refractivity contribution in [3.05, 3.63) is 35.3 Å². The van der Waals surface area contributed by atoms with E-state index in [1.54, 1.807) is 31.5 Å². The van der Waals surface area contributed by atoms with Gasteiger partial charge in [-0.15, -0.1) is 0 Å². The van der Waals surface area contributed by atoms with E-state index in [1.807, 2.05) is 12.3 Å². The van der Waals surface area contributed by atoms with Gasteiger partial charge in [0.25, 0.3) is 5.19 Å². The molecule has 118 valence electrons. The Labute approximate surface area is 133 Å². The molecule has 0 aliphatic carbocycles. The predicted molar refractivity (Wildman–Crippen MR) is 83.0 cm³/mol. The van der Waals surface area contributed by atoms with Gasteiger partial charge in [-0.25, -0.2) is 13.4 Å². The molecule has 1 aliphatic heterocycles. The van der Waals surface area contributed by atoms with Crippen LogP contribution in [0.3, 0.4) is 0 Å². The lowest BCUT2D eigenvalue weighted by Gasteiger charge is -2.37. The van der Waals surface area contributed by atoms with Gasteiger partial charge in [0.05, 0.1) is 25.1 Å². The zero-order valence-corrected chi connectivity index (χ0v) is 13.9. The lowest BCUT2D eigenvalue weighted by molar-refractivity contribution is 0.0759. The first-order valence-corrected chi connectivity index (χ1v) is 9.03. The quantitative estimate of drug-likeness (QED) is 0.832. The minimum Gasteiger partial charge on any atom is -0.496 e. The molecular formula is C14H16N2O4S2. The van der Waals surface area contributed by atoms with Gasteiger partial charge >= 0.3 is 0 Å². The summed E-state index contributed by atoms with van der Waals surface area (Å²) in [5, 5.41) is 2.39. The number of aryl methyl sites for hydroxylation is 1. The van der Waals surface area contributed by atoms with Crippen molar-refractivity contribution in [3.63, 3.8) is 0 Å². The average molecular weight is 340 g/mol. The standard InChI is InChI=1S/C14H16N2O4S2/c1-10-7-12(3-4-13(10)19-2)22(17,18)16-8-11(9-16)20-14-15-5-6-21-14/h3-7,11H,8-9H2,1-2H3. The highest BCUT2D eigenvalue weighted by Gasteiger charge is 2.38. The summed E-state index contributed by atoms with van der Waals surface area (Å²) in [5.74, 6) is 0.674. The normalized spacial score (nSPS) is 16.3. The molecule has 2 heterocycles. The van der Waals surface area contributed by atoms with E-state index in [0.29, 0.717) is 24.0 Å². The van der Waals surface area contributed by atoms with Crippen molar-refractivity contribution in [2.45, 2.75) is 17.9 Å². The summed E-state index contributed by atoms with van der Waals surface area (Å²) in [6.45, 7) is 2.50. The third-order valence-electron chi connectivity index (χ3n) is 3.50. The Morgan fingerprint density at radius 3 is 2.73 bits per heavy atom. The van der Waals surface area contributed by atoms with Gasteiger partial charge in [-0.05, 0) is 30.7 Å². The molecule has 22 heavy (non-hydrogen) atoms. The van der Waals surface area contributed by atoms with Crippen LogP contribution in [-0.4, -0.2) is 44.0 Å². The van der Waals surface area contributed by atoms with Crippen molar-refractivity contribution in [2.75, 3.05) is 20.2 Å². The Kier molecular flexibility index (Phi) is 4.07. The van der Waals surface area contributed by atoms with Crippen molar-refractivity contribution in [1.29, 1.82) is 0 Å². The van der Waals surface area contributed by atoms with Gasteiger partial charge in [0, 0.05) is 11.6 Å². The third kappa shape index (κ3) is 2.81. The lowest BCUT2D eigenvalue weighted by Crippen LogP contribution is -2.55. The third-order valence-corrected chi connectivity index (χ3v) is 5.98. The SMILES string of the molecule is COc1ccc(S(=O)(=O)N2CC(Oc3nccs3)C2)cc1C. The molecule has 1 saturated heterocycles. The topological polar surface area (TPSA) is 68.7 Å². The van der Waals surface area contributed by atoms with Crippen LogP contribution in [-0.2, 0) is 10.0 Å². The Hall–Kier alpha value is -1.64. The monoisotopic (exact) mass is 340 g/mol. The largest absolute Gasteiger partial charge is 0.496 e. The number of hydrogen-bond acceptors (Lipinski definition) is 6. The van der Waals surface area contributed by atoms with Gasteiger partial charge < -0.3 is 9.47 Å². The van der Waals surface area contributed by atoms with Crippen LogP contribution in [0.25, 0.3) is 0 Å². The van der Waals surface area contributed by atoms with Crippen molar-refractivity contribution in [2.24, 2.45) is 0 Å². The summed E-state index contributed by atoms with van der Waals surface area (Å²) >= 11 is 1.40. The molecule has 3 rings (SSSR count). The molecule has 0 atom stereocenters. The molecule has 0 bridgehead atoms. The second kappa shape index (κ2) is 5.86. The molecule has 0 amide bonds. The first-order chi connectivity index (χ1) is 10.5. The average Bonchev–Trinajstić information content (AvgIpc) is 2.95. The Bertz CT molecular complexity index is 753. The number of aromatic nitrogens is 1. The maximum atomic E-state index is 12.5. The minimum atomic E-state index is -3.48. The molecule has 1 aliphatic rings. The highest BCUT2D eigenvalue weighted by atomic mass is 32.2. The van der Waals surface area contributed by atoms with E-state index in [2.05, 4.69) is 4.98 Å². The summed E-state index contributed by atoms with van der Waals surface area (Å²) < 4.78 is 37.2. The second-order valence-corrected chi connectivity index (χ2v) is 7.79. The number of nitrogens with zero attached hydrogens (tertiary/aromatic N) is 2. The van der Waals surface area contributed by atoms with Gasteiger partial charge in [-0.1, -0.05) is 11.3 Å². The first-order valence-electron chi connectivity index (χ1n) is 6.71. The van der Waals surface area contributed by atoms with Gasteiger partial charge in [0.1, 0.15) is 11.9 Å². The molecule has 1 fully saturated rings. The minimum absolute atomic E-state index is 0.139. The maximum absolute atomic E-state index is 12.5. The lowest BCUT2D eigenvalue weighted by atomic mass is 10.2. The van der Waals surface area contributed by atoms with Crippen LogP contribution in [0.5, 0.6) is 10.9 Å². The fraction of sp³-hybridized carbons (Fsp3) is 0.357. The number of ether oxygens (including phenoxy) is 2. The fourth-order valence-electron chi connectivity index (χ4n) is 2.24. The van der Waals surface area contributed by atoms with E-state index in [1.165, 1.54) is 15.6 Å². The van der Waals surface area contributed by atoms with Crippen molar-refractivity contribution >= 4 is 21.4 Å². The van der Waals surface area contributed by atoms with Crippen LogP contribution < -0.4 is 9.47 Å². The molecule has 0 spiro atoms. The van der Waals surface area contributed by atoms with Crippen molar-refractivity contribution in [1.82, 2.24) is 9.29 Å². The van der Waals surface area contributed by atoms with Gasteiger partial charge in [0.2, 0.25) is 10.0 Å². The second-order valence-electron chi connectivity index (χ2n) is 4.99. The molecular weight excluding hydrogens is 324 g/mol. The molecule has 2 aromatic rings. The van der Waals surface area contributed by atoms with E-state index in [4.69, 9.17) is 9.47 Å². The summed E-state index contributed by atoms with van der Waals surface area (Å²) in [7, 11) is -1.92. The van der Waals surface area contributed by atoms with Crippen LogP contribution in [0.15, 0.2) is 34.7 Å². The molecule has 0 saturated carbocycles. The van der Waals surface area contributed by atoms with Crippen LogP contribution >= 0.6 is 11.3 Å². The van der Waals surface area contributed by atoms with Gasteiger partial charge in [-0.3, -0.25) is 0 Å². The van der Waals surface area contributed by atoms with Crippen LogP contribution in [0.1, 0.15) is 5.56 Å². The van der Waals surface area contributed by atoms with E-state index in [-0.39, 0.29) is 11.0 Å². The Morgan fingerprint density at radius 1 is 1.36 bits per heavy atom. The van der Waals surface area contributed by atoms with Crippen LogP contribution in [0.2, 0.25) is 0 Å². The maximum Gasteiger partial charge on any atom is 0.273 e. The molecule has 8 heteroatoms. The van der Waals surface area contributed by atoms with E-state index in [9.17, 15) is 8.42 Å². The number of benzene rings is 1. The number of methoxy groups -OCH3 is 1. The van der Waals surface area contributed by atoms with Crippen LogP contribution in [0.4, 0.5) is 0 Å². The highest BCUT2D eigenvalue weighted by molar-refractivity contribution is 7.89. The Morgan fingerprint density at radius 2 is 2.14 bits per heavy atom. The summed E-state index contributed by atoms with van der Waals surface area (Å²) in [6, 6.07) is 4.87. The molecule has 6 nitrogen and oxygen atoms in total. The summed E-state index contributed by atoms with van der Waals surface area (Å²) in [5.41, 5.74) is 0.791. The number of rotatable bonds is 5. The molecule has 0 unspecified atom stereocenters. The Balaban J connectivity index is 1.68. The number of thiazole rings is 1. The molecule has 1 aromatic heterocycles. The smallest absolute Gasteiger partial charge is 0.273 e. The van der Waals surface area contributed by atoms with E-state index < -0.39 is 10.0 Å². The zero-order valence-electron chi connectivity index (χ0n) is 12.2. The molecule has 0 radical (unpaired) electrons. The fourth-order valence-corrected chi connectivity index (χ4v) is 4.38. The summed E-state index contributed by atoms with van der Waals surface area (Å²) in [4.78, 5) is 4.30. The van der Waals surface area contributed by atoms with Gasteiger partial charge in [0.15, 0.2) is 0 Å². The molecule has 1 aromatic carbocycles. The van der Waals surface area contributed by atoms with E-state index >= 15 is 0 Å². The summed E-state index contributed by atoms with van der Waals surface area (Å²) in [6.07, 6.45) is 1.52. The van der Waals surface area contributed by atoms with Gasteiger partial charge in [-0.2, -0.15) is 4.31 Å². The first kappa shape index (κ1) is 15.3. The number of hydrogen-bond donors (Lipinski definition) is 0. The van der Waals surface area contributed by atoms with E-state index in [0.717, 1.165) is 5.56 Å². The van der Waals surface area contributed by atoms with Crippen molar-refractivity contribution < 1.29 is 17.9 Å². The molecule has 0 N–H and O–H groups in total. The van der Waals surface area contributed by atoms with Crippen LogP contribution in [0, 0.1) is 6.92 Å². The predicted octanol–water partition coefficient (Wildman–Crippen LogP) is 1.91. The highest BCUT2D eigenvalue weighted by Crippen LogP contribution is 2.28. The van der Waals surface area contributed by atoms with Crippen molar-refractivity contribution in [3.8, 4) is 10.9 Å². The number of sulfonamides is 1.